The van der Waals surface area contributed by atoms with Crippen molar-refractivity contribution in [2.24, 2.45) is 18.9 Å². The molecule has 9 heteroatoms. The lowest BCUT2D eigenvalue weighted by Gasteiger charge is -2.38. The number of carbonyl (C=O) groups is 1. The highest BCUT2D eigenvalue weighted by molar-refractivity contribution is 5.96. The van der Waals surface area contributed by atoms with Crippen LogP contribution in [-0.2, 0) is 20.3 Å². The lowest BCUT2D eigenvalue weighted by atomic mass is 9.86. The van der Waals surface area contributed by atoms with Gasteiger partial charge in [0.15, 0.2) is 0 Å². The van der Waals surface area contributed by atoms with Crippen molar-refractivity contribution >= 4 is 22.6 Å². The zero-order valence-electron chi connectivity index (χ0n) is 28.2. The Hall–Kier alpha value is -5.15. The van der Waals surface area contributed by atoms with Crippen LogP contribution in [0.5, 0.6) is 11.8 Å². The van der Waals surface area contributed by atoms with Gasteiger partial charge in [-0.15, -0.1) is 0 Å². The van der Waals surface area contributed by atoms with Crippen LogP contribution in [0.1, 0.15) is 36.5 Å². The standard InChI is InChI=1S/C40H43N5O4/c1-28-24-45(40(46)47)22-19-33(28)25-44-20-17-31(18-21-44)32-13-14-34-36(23-32)43(2)42-38(34)35-15-16-37(48-26-29-9-5-3-6-10-29)41-39(35)49-27-30-11-7-4-8-12-30/h3-17,23,28,33H,18-22,24-27H2,1-2H3,(H,46,47)/t28-,33-/m1/s1. The molecule has 4 heterocycles. The number of rotatable bonds is 10. The molecule has 0 aliphatic carbocycles. The first-order chi connectivity index (χ1) is 23.9. The van der Waals surface area contributed by atoms with Crippen molar-refractivity contribution < 1.29 is 19.4 Å². The highest BCUT2D eigenvalue weighted by Gasteiger charge is 2.30. The minimum atomic E-state index is -0.802. The number of pyridine rings is 1. The van der Waals surface area contributed by atoms with Gasteiger partial charge >= 0.3 is 6.09 Å². The van der Waals surface area contributed by atoms with Crippen molar-refractivity contribution in [2.75, 3.05) is 32.7 Å². The molecule has 0 saturated carbocycles. The lowest BCUT2D eigenvalue weighted by Crippen LogP contribution is -2.46. The Morgan fingerprint density at radius 1 is 0.918 bits per heavy atom. The third-order valence-corrected chi connectivity index (χ3v) is 9.90. The number of piperidine rings is 1. The summed E-state index contributed by atoms with van der Waals surface area (Å²) in [6.45, 7) is 7.16. The average molecular weight is 658 g/mol. The Morgan fingerprint density at radius 2 is 1.65 bits per heavy atom. The summed E-state index contributed by atoms with van der Waals surface area (Å²) in [6.07, 6.45) is 3.46. The SMILES string of the molecule is C[C@@H]1CN(C(=O)O)CC[C@@H]1CN1CC=C(c2ccc3c(-c4ccc(OCc5ccccc5)nc4OCc4ccccc4)nn(C)c3c2)CC1. The van der Waals surface area contributed by atoms with Crippen molar-refractivity contribution in [3.8, 4) is 23.0 Å². The number of benzene rings is 3. The van der Waals surface area contributed by atoms with Crippen LogP contribution >= 0.6 is 0 Å². The van der Waals surface area contributed by atoms with Crippen LogP contribution in [0.15, 0.2) is 97.1 Å². The molecule has 2 aliphatic heterocycles. The summed E-state index contributed by atoms with van der Waals surface area (Å²) in [4.78, 5) is 20.3. The Labute approximate surface area is 287 Å². The van der Waals surface area contributed by atoms with Crippen molar-refractivity contribution in [2.45, 2.75) is 33.0 Å². The highest BCUT2D eigenvalue weighted by atomic mass is 16.5. The predicted molar refractivity (Wildman–Crippen MR) is 191 cm³/mol. The van der Waals surface area contributed by atoms with Crippen LogP contribution < -0.4 is 9.47 Å². The highest BCUT2D eigenvalue weighted by Crippen LogP contribution is 2.37. The van der Waals surface area contributed by atoms with Crippen molar-refractivity contribution in [3.05, 3.63) is 114 Å². The normalized spacial score (nSPS) is 18.3. The summed E-state index contributed by atoms with van der Waals surface area (Å²) in [5.74, 6) is 1.87. The number of fused-ring (bicyclic) bond motifs is 1. The molecular formula is C40H43N5O4. The van der Waals surface area contributed by atoms with E-state index in [2.05, 4.69) is 36.1 Å². The van der Waals surface area contributed by atoms with E-state index in [1.165, 1.54) is 11.1 Å². The number of likely N-dealkylation sites (tertiary alicyclic amines) is 1. The van der Waals surface area contributed by atoms with E-state index >= 15 is 0 Å². The largest absolute Gasteiger partial charge is 0.473 e. The molecule has 1 saturated heterocycles. The Morgan fingerprint density at radius 3 is 2.33 bits per heavy atom. The molecule has 252 valence electrons. The predicted octanol–water partition coefficient (Wildman–Crippen LogP) is 7.52. The van der Waals surface area contributed by atoms with E-state index in [1.807, 2.05) is 84.5 Å². The van der Waals surface area contributed by atoms with Crippen LogP contribution in [0.25, 0.3) is 27.7 Å². The molecule has 3 aromatic carbocycles. The van der Waals surface area contributed by atoms with Gasteiger partial charge in [0, 0.05) is 51.2 Å². The molecule has 5 aromatic rings. The van der Waals surface area contributed by atoms with Gasteiger partial charge < -0.3 is 19.5 Å². The summed E-state index contributed by atoms with van der Waals surface area (Å²) < 4.78 is 14.4. The van der Waals surface area contributed by atoms with Gasteiger partial charge in [-0.1, -0.05) is 79.7 Å². The molecule has 0 unspecified atom stereocenters. The summed E-state index contributed by atoms with van der Waals surface area (Å²) >= 11 is 0. The molecule has 2 atom stereocenters. The van der Waals surface area contributed by atoms with E-state index < -0.39 is 6.09 Å². The second kappa shape index (κ2) is 14.5. The molecule has 2 aromatic heterocycles. The maximum atomic E-state index is 11.4. The summed E-state index contributed by atoms with van der Waals surface area (Å²) in [7, 11) is 1.98. The molecule has 9 nitrogen and oxygen atoms in total. The van der Waals surface area contributed by atoms with Gasteiger partial charge in [-0.25, -0.2) is 4.79 Å². The second-order valence-corrected chi connectivity index (χ2v) is 13.2. The number of ether oxygens (including phenoxy) is 2. The van der Waals surface area contributed by atoms with Gasteiger partial charge in [0.1, 0.15) is 18.9 Å². The molecule has 1 fully saturated rings. The fraction of sp³-hybridized carbons (Fsp3) is 0.325. The van der Waals surface area contributed by atoms with Gasteiger partial charge in [0.2, 0.25) is 11.8 Å². The van der Waals surface area contributed by atoms with E-state index in [4.69, 9.17) is 19.6 Å². The fourth-order valence-corrected chi connectivity index (χ4v) is 7.02. The van der Waals surface area contributed by atoms with Crippen molar-refractivity contribution in [1.29, 1.82) is 0 Å². The maximum absolute atomic E-state index is 11.4. The summed E-state index contributed by atoms with van der Waals surface area (Å²) in [6, 6.07) is 30.6. The van der Waals surface area contributed by atoms with E-state index in [1.54, 1.807) is 4.90 Å². The van der Waals surface area contributed by atoms with E-state index in [-0.39, 0.29) is 0 Å². The summed E-state index contributed by atoms with van der Waals surface area (Å²) in [5, 5.41) is 15.4. The van der Waals surface area contributed by atoms with Crippen LogP contribution in [0.3, 0.4) is 0 Å². The van der Waals surface area contributed by atoms with Gasteiger partial charge in [0.05, 0.1) is 11.1 Å². The first-order valence-electron chi connectivity index (χ1n) is 17.1. The van der Waals surface area contributed by atoms with Gasteiger partial charge in [-0.3, -0.25) is 9.58 Å². The molecule has 7 rings (SSSR count). The van der Waals surface area contributed by atoms with Crippen molar-refractivity contribution in [3.63, 3.8) is 0 Å². The minimum absolute atomic E-state index is 0.370. The number of hydrogen-bond acceptors (Lipinski definition) is 6. The minimum Gasteiger partial charge on any atom is -0.473 e. The number of hydrogen-bond donors (Lipinski definition) is 1. The number of nitrogens with zero attached hydrogens (tertiary/aromatic N) is 5. The van der Waals surface area contributed by atoms with Crippen LogP contribution in [0.4, 0.5) is 4.79 Å². The number of carboxylic acid groups (broad SMARTS) is 1. The van der Waals surface area contributed by atoms with Gasteiger partial charge in [-0.05, 0) is 65.1 Å². The third-order valence-electron chi connectivity index (χ3n) is 9.90. The smallest absolute Gasteiger partial charge is 0.407 e. The first-order valence-corrected chi connectivity index (χ1v) is 17.1. The van der Waals surface area contributed by atoms with E-state index in [9.17, 15) is 9.90 Å². The monoisotopic (exact) mass is 657 g/mol. The summed E-state index contributed by atoms with van der Waals surface area (Å²) in [5.41, 5.74) is 7.38. The number of amides is 1. The molecule has 1 N–H and O–H groups in total. The zero-order chi connectivity index (χ0) is 33.7. The molecular weight excluding hydrogens is 614 g/mol. The van der Waals surface area contributed by atoms with E-state index in [0.29, 0.717) is 49.9 Å². The fourth-order valence-electron chi connectivity index (χ4n) is 7.02. The maximum Gasteiger partial charge on any atom is 0.407 e. The number of aryl methyl sites for hydroxylation is 1. The molecule has 49 heavy (non-hydrogen) atoms. The van der Waals surface area contributed by atoms with Crippen molar-refractivity contribution in [1.82, 2.24) is 24.6 Å². The number of aromatic nitrogens is 3. The quantitative estimate of drug-likeness (QED) is 0.166. The molecule has 0 bridgehead atoms. The Bertz CT molecular complexity index is 1940. The molecule has 2 aliphatic rings. The van der Waals surface area contributed by atoms with Crippen LogP contribution in [0, 0.1) is 11.8 Å². The van der Waals surface area contributed by atoms with Gasteiger partial charge in [0.25, 0.3) is 0 Å². The zero-order valence-corrected chi connectivity index (χ0v) is 28.2. The second-order valence-electron chi connectivity index (χ2n) is 13.2. The topological polar surface area (TPSA) is 93.0 Å². The van der Waals surface area contributed by atoms with Crippen LogP contribution in [0.2, 0.25) is 0 Å². The molecule has 1 amide bonds. The lowest BCUT2D eigenvalue weighted by molar-refractivity contribution is 0.0868. The van der Waals surface area contributed by atoms with Gasteiger partial charge in [-0.2, -0.15) is 10.1 Å². The van der Waals surface area contributed by atoms with Crippen LogP contribution in [-0.4, -0.2) is 68.5 Å². The molecule has 0 spiro atoms. The third kappa shape index (κ3) is 7.47. The molecule has 0 radical (unpaired) electrons. The first kappa shape index (κ1) is 32.4. The Kier molecular flexibility index (Phi) is 9.61. The average Bonchev–Trinajstić information content (AvgIpc) is 3.46. The van der Waals surface area contributed by atoms with E-state index in [0.717, 1.165) is 65.8 Å². The Balaban J connectivity index is 1.09.